The Morgan fingerprint density at radius 1 is 0.793 bits per heavy atom. The van der Waals surface area contributed by atoms with Crippen molar-refractivity contribution in [1.82, 2.24) is 0 Å². The Balaban J connectivity index is 1.73. The van der Waals surface area contributed by atoms with Gasteiger partial charge in [0.2, 0.25) is 0 Å². The first-order chi connectivity index (χ1) is 14.1. The number of amides is 1. The van der Waals surface area contributed by atoms with Gasteiger partial charge in [0, 0.05) is 22.9 Å². The van der Waals surface area contributed by atoms with Gasteiger partial charge in [0.05, 0.1) is 21.3 Å². The number of nitrogens with one attached hydrogen (secondary N) is 1. The molecule has 0 aliphatic rings. The van der Waals surface area contributed by atoms with Gasteiger partial charge in [0.15, 0.2) is 0 Å². The largest absolute Gasteiger partial charge is 0.497 e. The fraction of sp³-hybridized carbons (Fsp3) is 0.174. The molecule has 0 spiro atoms. The van der Waals surface area contributed by atoms with Gasteiger partial charge in [-0.25, -0.2) is 0 Å². The van der Waals surface area contributed by atoms with Crippen LogP contribution in [0.1, 0.15) is 15.9 Å². The maximum absolute atomic E-state index is 12.7. The maximum Gasteiger partial charge on any atom is 0.255 e. The third kappa shape index (κ3) is 5.19. The number of anilines is 1. The summed E-state index contributed by atoms with van der Waals surface area (Å²) in [5, 5.41) is 2.87. The highest BCUT2D eigenvalue weighted by Crippen LogP contribution is 2.24. The highest BCUT2D eigenvalue weighted by Gasteiger charge is 2.12. The van der Waals surface area contributed by atoms with Crippen LogP contribution in [0.5, 0.6) is 23.0 Å². The van der Waals surface area contributed by atoms with Gasteiger partial charge in [-0.3, -0.25) is 4.79 Å². The summed E-state index contributed by atoms with van der Waals surface area (Å²) in [5.74, 6) is 2.54. The average molecular weight is 393 g/mol. The molecule has 6 nitrogen and oxygen atoms in total. The van der Waals surface area contributed by atoms with Crippen LogP contribution in [0.4, 0.5) is 5.69 Å². The minimum Gasteiger partial charge on any atom is -0.497 e. The van der Waals surface area contributed by atoms with E-state index < -0.39 is 0 Å². The van der Waals surface area contributed by atoms with Crippen LogP contribution in [0.3, 0.4) is 0 Å². The Labute approximate surface area is 170 Å². The molecule has 0 radical (unpaired) electrons. The van der Waals surface area contributed by atoms with E-state index in [-0.39, 0.29) is 12.5 Å². The van der Waals surface area contributed by atoms with Crippen LogP contribution < -0.4 is 24.3 Å². The molecule has 0 fully saturated rings. The van der Waals surface area contributed by atoms with Gasteiger partial charge in [-0.05, 0) is 54.6 Å². The lowest BCUT2D eigenvalue weighted by atomic mass is 10.1. The lowest BCUT2D eigenvalue weighted by Crippen LogP contribution is -2.13. The van der Waals surface area contributed by atoms with Crippen molar-refractivity contribution in [2.45, 2.75) is 6.61 Å². The molecule has 0 bridgehead atoms. The van der Waals surface area contributed by atoms with Gasteiger partial charge in [-0.15, -0.1) is 0 Å². The molecule has 0 saturated carbocycles. The molecular weight excluding hydrogens is 370 g/mol. The van der Waals surface area contributed by atoms with E-state index in [1.54, 1.807) is 51.7 Å². The summed E-state index contributed by atoms with van der Waals surface area (Å²) in [4.78, 5) is 12.7. The second-order valence-electron chi connectivity index (χ2n) is 6.18. The number of ether oxygens (including phenoxy) is 4. The summed E-state index contributed by atoms with van der Waals surface area (Å²) in [6, 6.07) is 19.7. The topological polar surface area (TPSA) is 66.0 Å². The number of carbonyl (C=O) groups excluding carboxylic acids is 1. The number of carbonyl (C=O) groups is 1. The summed E-state index contributed by atoms with van der Waals surface area (Å²) in [6.07, 6.45) is 0. The minimum absolute atomic E-state index is 0.230. The second-order valence-corrected chi connectivity index (χ2v) is 6.18. The normalized spacial score (nSPS) is 10.2. The minimum atomic E-state index is -0.230. The molecule has 150 valence electrons. The van der Waals surface area contributed by atoms with Crippen LogP contribution >= 0.6 is 0 Å². The Hall–Kier alpha value is -3.67. The summed E-state index contributed by atoms with van der Waals surface area (Å²) in [7, 11) is 4.78. The van der Waals surface area contributed by atoms with Crippen LogP contribution in [0.15, 0.2) is 66.7 Å². The lowest BCUT2D eigenvalue weighted by molar-refractivity contribution is 0.102. The monoisotopic (exact) mass is 393 g/mol. The Morgan fingerprint density at radius 2 is 1.52 bits per heavy atom. The van der Waals surface area contributed by atoms with E-state index in [0.717, 1.165) is 11.3 Å². The zero-order valence-corrected chi connectivity index (χ0v) is 16.6. The molecule has 0 heterocycles. The van der Waals surface area contributed by atoms with E-state index in [1.807, 2.05) is 36.4 Å². The number of benzene rings is 3. The van der Waals surface area contributed by atoms with Crippen molar-refractivity contribution in [3.8, 4) is 23.0 Å². The first-order valence-electron chi connectivity index (χ1n) is 9.02. The van der Waals surface area contributed by atoms with Gasteiger partial charge in [-0.1, -0.05) is 6.07 Å². The highest BCUT2D eigenvalue weighted by molar-refractivity contribution is 6.04. The van der Waals surface area contributed by atoms with Crippen molar-refractivity contribution in [3.05, 3.63) is 77.9 Å². The summed E-state index contributed by atoms with van der Waals surface area (Å²) in [5.41, 5.74) is 1.92. The maximum atomic E-state index is 12.7. The zero-order chi connectivity index (χ0) is 20.6. The number of rotatable bonds is 8. The molecule has 0 unspecified atom stereocenters. The van der Waals surface area contributed by atoms with E-state index in [2.05, 4.69) is 5.32 Å². The summed E-state index contributed by atoms with van der Waals surface area (Å²) in [6.45, 7) is 0.260. The first-order valence-corrected chi connectivity index (χ1v) is 9.02. The molecule has 0 aromatic heterocycles. The quantitative estimate of drug-likeness (QED) is 0.608. The molecule has 0 saturated heterocycles. The third-order valence-electron chi connectivity index (χ3n) is 4.32. The van der Waals surface area contributed by atoms with Crippen LogP contribution in [0.25, 0.3) is 0 Å². The summed E-state index contributed by atoms with van der Waals surface area (Å²) < 4.78 is 21.6. The van der Waals surface area contributed by atoms with Crippen molar-refractivity contribution < 1.29 is 23.7 Å². The Bertz CT molecular complexity index is 969. The van der Waals surface area contributed by atoms with Gasteiger partial charge in [0.1, 0.15) is 29.6 Å². The lowest BCUT2D eigenvalue weighted by Gasteiger charge is -2.13. The van der Waals surface area contributed by atoms with Gasteiger partial charge in [-0.2, -0.15) is 0 Å². The molecule has 3 aromatic rings. The SMILES string of the molecule is COc1ccc(OCc2cc(C(=O)Nc3cccc(OC)c3)ccc2OC)cc1. The van der Waals surface area contributed by atoms with E-state index in [9.17, 15) is 4.79 Å². The van der Waals surface area contributed by atoms with Crippen molar-refractivity contribution >= 4 is 11.6 Å². The second kappa shape index (κ2) is 9.50. The van der Waals surface area contributed by atoms with Crippen molar-refractivity contribution in [2.24, 2.45) is 0 Å². The zero-order valence-electron chi connectivity index (χ0n) is 16.6. The Morgan fingerprint density at radius 3 is 2.21 bits per heavy atom. The number of hydrogen-bond donors (Lipinski definition) is 1. The van der Waals surface area contributed by atoms with Crippen molar-refractivity contribution in [3.63, 3.8) is 0 Å². The van der Waals surface area contributed by atoms with Crippen molar-refractivity contribution in [2.75, 3.05) is 26.6 Å². The van der Waals surface area contributed by atoms with E-state index in [0.29, 0.717) is 28.5 Å². The smallest absolute Gasteiger partial charge is 0.255 e. The molecule has 3 aromatic carbocycles. The molecule has 0 aliphatic heterocycles. The number of hydrogen-bond acceptors (Lipinski definition) is 5. The Kier molecular flexibility index (Phi) is 6.58. The van der Waals surface area contributed by atoms with E-state index >= 15 is 0 Å². The molecule has 0 aliphatic carbocycles. The molecule has 1 amide bonds. The molecule has 1 N–H and O–H groups in total. The third-order valence-corrected chi connectivity index (χ3v) is 4.32. The van der Waals surface area contributed by atoms with Crippen LogP contribution in [0, 0.1) is 0 Å². The fourth-order valence-corrected chi connectivity index (χ4v) is 2.77. The summed E-state index contributed by atoms with van der Waals surface area (Å²) >= 11 is 0. The molecule has 3 rings (SSSR count). The van der Waals surface area contributed by atoms with Crippen LogP contribution in [-0.2, 0) is 6.61 Å². The van der Waals surface area contributed by atoms with Gasteiger partial charge < -0.3 is 24.3 Å². The predicted molar refractivity (Wildman–Crippen MR) is 111 cm³/mol. The first kappa shape index (κ1) is 20.1. The molecular formula is C23H23NO5. The average Bonchev–Trinajstić information content (AvgIpc) is 2.77. The predicted octanol–water partition coefficient (Wildman–Crippen LogP) is 4.54. The van der Waals surface area contributed by atoms with Gasteiger partial charge >= 0.3 is 0 Å². The number of methoxy groups -OCH3 is 3. The molecule has 0 atom stereocenters. The van der Waals surface area contributed by atoms with Crippen LogP contribution in [0.2, 0.25) is 0 Å². The van der Waals surface area contributed by atoms with Crippen molar-refractivity contribution in [1.29, 1.82) is 0 Å². The fourth-order valence-electron chi connectivity index (χ4n) is 2.77. The highest BCUT2D eigenvalue weighted by atomic mass is 16.5. The molecule has 6 heteroatoms. The van der Waals surface area contributed by atoms with Gasteiger partial charge in [0.25, 0.3) is 5.91 Å². The standard InChI is InChI=1S/C23H23NO5/c1-26-19-8-10-20(11-9-19)29-15-17-13-16(7-12-22(17)28-3)23(25)24-18-5-4-6-21(14-18)27-2/h4-14H,15H2,1-3H3,(H,24,25). The van der Waals surface area contributed by atoms with Crippen LogP contribution in [-0.4, -0.2) is 27.2 Å². The molecule has 29 heavy (non-hydrogen) atoms. The van der Waals surface area contributed by atoms with E-state index in [1.165, 1.54) is 0 Å². The van der Waals surface area contributed by atoms with E-state index in [4.69, 9.17) is 18.9 Å².